The van der Waals surface area contributed by atoms with E-state index in [-0.39, 0.29) is 0 Å². The van der Waals surface area contributed by atoms with E-state index < -0.39 is 0 Å². The predicted octanol–water partition coefficient (Wildman–Crippen LogP) is 5.95. The Morgan fingerprint density at radius 2 is 1.65 bits per heavy atom. The van der Waals surface area contributed by atoms with Gasteiger partial charge in [0.1, 0.15) is 0 Å². The first-order chi connectivity index (χ1) is 11.0. The van der Waals surface area contributed by atoms with Crippen molar-refractivity contribution in [1.82, 2.24) is 10.2 Å². The molecule has 0 unspecified atom stereocenters. The van der Waals surface area contributed by atoms with Crippen LogP contribution in [0, 0.1) is 13.8 Å². The lowest BCUT2D eigenvalue weighted by Crippen LogP contribution is -1.84. The number of aryl methyl sites for hydroxylation is 2. The first-order valence-corrected chi connectivity index (χ1v) is 8.75. The second-order valence-corrected chi connectivity index (χ2v) is 6.98. The maximum absolute atomic E-state index is 6.17. The largest absolute Gasteiger partial charge is 0.411 e. The fraction of sp³-hybridized carbons (Fsp3) is 0.176. The van der Waals surface area contributed by atoms with Crippen molar-refractivity contribution in [3.8, 4) is 11.5 Å². The molecule has 0 aliphatic heterocycles. The third kappa shape index (κ3) is 3.89. The quantitative estimate of drug-likeness (QED) is 0.536. The molecule has 23 heavy (non-hydrogen) atoms. The summed E-state index contributed by atoms with van der Waals surface area (Å²) in [5, 5.41) is 9.98. The SMILES string of the molecule is Cc1cc(C)cc(-c2nnc(SCc3c(Cl)cccc3Cl)o2)c1. The van der Waals surface area contributed by atoms with Gasteiger partial charge in [-0.05, 0) is 43.7 Å². The van der Waals surface area contributed by atoms with Crippen molar-refractivity contribution in [1.29, 1.82) is 0 Å². The molecule has 0 spiro atoms. The minimum absolute atomic E-state index is 0.496. The second kappa shape index (κ2) is 6.95. The van der Waals surface area contributed by atoms with Gasteiger partial charge in [0.05, 0.1) is 0 Å². The number of benzene rings is 2. The number of rotatable bonds is 4. The second-order valence-electron chi connectivity index (χ2n) is 5.24. The molecule has 3 nitrogen and oxygen atoms in total. The number of aromatic nitrogens is 2. The average molecular weight is 365 g/mol. The molecule has 0 atom stereocenters. The molecule has 3 rings (SSSR count). The Kier molecular flexibility index (Phi) is 4.95. The van der Waals surface area contributed by atoms with E-state index in [4.69, 9.17) is 27.6 Å². The highest BCUT2D eigenvalue weighted by atomic mass is 35.5. The minimum Gasteiger partial charge on any atom is -0.411 e. The maximum atomic E-state index is 6.17. The van der Waals surface area contributed by atoms with Crippen LogP contribution in [0.25, 0.3) is 11.5 Å². The van der Waals surface area contributed by atoms with E-state index >= 15 is 0 Å². The molecule has 0 amide bonds. The van der Waals surface area contributed by atoms with Crippen LogP contribution in [0.2, 0.25) is 10.0 Å². The molecule has 0 saturated carbocycles. The van der Waals surface area contributed by atoms with Gasteiger partial charge in [-0.3, -0.25) is 0 Å². The first-order valence-electron chi connectivity index (χ1n) is 7.01. The zero-order valence-electron chi connectivity index (χ0n) is 12.6. The monoisotopic (exact) mass is 364 g/mol. The highest BCUT2D eigenvalue weighted by Crippen LogP contribution is 2.32. The Morgan fingerprint density at radius 3 is 2.30 bits per heavy atom. The van der Waals surface area contributed by atoms with Gasteiger partial charge in [-0.1, -0.05) is 58.2 Å². The number of thioether (sulfide) groups is 1. The topological polar surface area (TPSA) is 38.9 Å². The molecule has 3 aromatic rings. The third-order valence-electron chi connectivity index (χ3n) is 3.28. The summed E-state index contributed by atoms with van der Waals surface area (Å²) >= 11 is 13.8. The number of nitrogens with zero attached hydrogens (tertiary/aromatic N) is 2. The molecule has 0 aliphatic carbocycles. The predicted molar refractivity (Wildman–Crippen MR) is 95.2 cm³/mol. The van der Waals surface area contributed by atoms with Gasteiger partial charge >= 0.3 is 0 Å². The summed E-state index contributed by atoms with van der Waals surface area (Å²) in [6, 6.07) is 11.6. The van der Waals surface area contributed by atoms with Gasteiger partial charge < -0.3 is 4.42 Å². The summed E-state index contributed by atoms with van der Waals surface area (Å²) in [6.45, 7) is 4.09. The fourth-order valence-corrected chi connectivity index (χ4v) is 3.79. The average Bonchev–Trinajstić information content (AvgIpc) is 2.95. The van der Waals surface area contributed by atoms with E-state index in [2.05, 4.69) is 16.3 Å². The summed E-state index contributed by atoms with van der Waals surface area (Å²) in [7, 11) is 0. The van der Waals surface area contributed by atoms with Crippen LogP contribution in [0.3, 0.4) is 0 Å². The molecule has 0 aliphatic rings. The van der Waals surface area contributed by atoms with Gasteiger partial charge in [0.25, 0.3) is 5.22 Å². The van der Waals surface area contributed by atoms with Crippen molar-refractivity contribution in [2.45, 2.75) is 24.8 Å². The van der Waals surface area contributed by atoms with Crippen molar-refractivity contribution in [2.75, 3.05) is 0 Å². The van der Waals surface area contributed by atoms with Gasteiger partial charge in [0, 0.05) is 21.4 Å². The molecular weight excluding hydrogens is 351 g/mol. The summed E-state index contributed by atoms with van der Waals surface area (Å²) in [6.07, 6.45) is 0. The van der Waals surface area contributed by atoms with Gasteiger partial charge in [-0.25, -0.2) is 0 Å². The zero-order valence-corrected chi connectivity index (χ0v) is 15.0. The summed E-state index contributed by atoms with van der Waals surface area (Å²) in [4.78, 5) is 0. The fourth-order valence-electron chi connectivity index (χ4n) is 2.29. The molecule has 1 aromatic heterocycles. The van der Waals surface area contributed by atoms with E-state index in [1.54, 1.807) is 0 Å². The van der Waals surface area contributed by atoms with Crippen molar-refractivity contribution < 1.29 is 4.42 Å². The van der Waals surface area contributed by atoms with E-state index in [1.807, 2.05) is 44.2 Å². The molecule has 2 aromatic carbocycles. The van der Waals surface area contributed by atoms with Crippen LogP contribution in [0.1, 0.15) is 16.7 Å². The molecule has 0 radical (unpaired) electrons. The van der Waals surface area contributed by atoms with Crippen LogP contribution in [-0.2, 0) is 5.75 Å². The van der Waals surface area contributed by atoms with Gasteiger partial charge in [0.15, 0.2) is 0 Å². The van der Waals surface area contributed by atoms with E-state index in [0.717, 1.165) is 22.3 Å². The highest BCUT2D eigenvalue weighted by molar-refractivity contribution is 7.98. The Hall–Kier alpha value is -1.49. The highest BCUT2D eigenvalue weighted by Gasteiger charge is 2.12. The van der Waals surface area contributed by atoms with Crippen LogP contribution in [0.15, 0.2) is 46.0 Å². The molecule has 118 valence electrons. The first kappa shape index (κ1) is 16.4. The maximum Gasteiger partial charge on any atom is 0.277 e. The van der Waals surface area contributed by atoms with Crippen LogP contribution in [0.4, 0.5) is 0 Å². The van der Waals surface area contributed by atoms with Crippen molar-refractivity contribution in [2.24, 2.45) is 0 Å². The zero-order chi connectivity index (χ0) is 16.4. The van der Waals surface area contributed by atoms with Crippen molar-refractivity contribution in [3.63, 3.8) is 0 Å². The van der Waals surface area contributed by atoms with Gasteiger partial charge in [0.2, 0.25) is 5.89 Å². The van der Waals surface area contributed by atoms with Crippen LogP contribution < -0.4 is 0 Å². The lowest BCUT2D eigenvalue weighted by Gasteiger charge is -2.04. The van der Waals surface area contributed by atoms with Gasteiger partial charge in [-0.15, -0.1) is 10.2 Å². The Balaban J connectivity index is 1.77. The molecule has 6 heteroatoms. The minimum atomic E-state index is 0.496. The Labute approximate surface area is 149 Å². The molecule has 1 heterocycles. The van der Waals surface area contributed by atoms with Crippen LogP contribution >= 0.6 is 35.0 Å². The Morgan fingerprint density at radius 1 is 1.00 bits per heavy atom. The summed E-state index contributed by atoms with van der Waals surface area (Å²) in [5.41, 5.74) is 4.12. The Bertz CT molecular complexity index is 808. The number of hydrogen-bond acceptors (Lipinski definition) is 4. The van der Waals surface area contributed by atoms with Gasteiger partial charge in [-0.2, -0.15) is 0 Å². The smallest absolute Gasteiger partial charge is 0.277 e. The third-order valence-corrected chi connectivity index (χ3v) is 4.83. The van der Waals surface area contributed by atoms with Crippen molar-refractivity contribution >= 4 is 35.0 Å². The molecule has 0 bridgehead atoms. The standard InChI is InChI=1S/C17H14Cl2N2OS/c1-10-6-11(2)8-12(7-10)16-20-21-17(22-16)23-9-13-14(18)4-3-5-15(13)19/h3-8H,9H2,1-2H3. The lowest BCUT2D eigenvalue weighted by atomic mass is 10.1. The normalized spacial score (nSPS) is 11.0. The molecule has 0 fully saturated rings. The molecular formula is C17H14Cl2N2OS. The van der Waals surface area contributed by atoms with E-state index in [0.29, 0.717) is 26.9 Å². The van der Waals surface area contributed by atoms with Crippen LogP contribution in [0.5, 0.6) is 0 Å². The lowest BCUT2D eigenvalue weighted by molar-refractivity contribution is 0.466. The summed E-state index contributed by atoms with van der Waals surface area (Å²) < 4.78 is 5.74. The molecule has 0 N–H and O–H groups in total. The number of hydrogen-bond donors (Lipinski definition) is 0. The van der Waals surface area contributed by atoms with Crippen molar-refractivity contribution in [3.05, 3.63) is 63.1 Å². The summed E-state index contributed by atoms with van der Waals surface area (Å²) in [5.74, 6) is 1.09. The van der Waals surface area contributed by atoms with E-state index in [1.165, 1.54) is 11.8 Å². The number of halogens is 2. The molecule has 0 saturated heterocycles. The van der Waals surface area contributed by atoms with E-state index in [9.17, 15) is 0 Å². The van der Waals surface area contributed by atoms with Crippen LogP contribution in [-0.4, -0.2) is 10.2 Å².